The van der Waals surface area contributed by atoms with Crippen LogP contribution in [0.5, 0.6) is 11.5 Å². The summed E-state index contributed by atoms with van der Waals surface area (Å²) < 4.78 is 7.73. The quantitative estimate of drug-likeness (QED) is 0.621. The Bertz CT molecular complexity index is 529. The average molecular weight is 376 g/mol. The molecule has 0 aliphatic carbocycles. The molecule has 0 N–H and O–H groups in total. The van der Waals surface area contributed by atoms with Gasteiger partial charge in [0.2, 0.25) is 0 Å². The molecular weight excluding hydrogens is 367 g/mol. The van der Waals surface area contributed by atoms with Crippen molar-refractivity contribution in [3.63, 3.8) is 0 Å². The van der Waals surface area contributed by atoms with E-state index in [4.69, 9.17) is 16.3 Å². The van der Waals surface area contributed by atoms with Crippen LogP contribution in [0.15, 0.2) is 51.4 Å². The Morgan fingerprint density at radius 1 is 1.00 bits per heavy atom. The minimum absolute atomic E-state index is 0.424. The highest BCUT2D eigenvalue weighted by Gasteiger charge is 2.07. The highest BCUT2D eigenvalue weighted by Crippen LogP contribution is 2.33. The van der Waals surface area contributed by atoms with Gasteiger partial charge in [0.25, 0.3) is 0 Å². The third-order valence-corrected chi connectivity index (χ3v) is 3.67. The second kappa shape index (κ2) is 5.89. The lowest BCUT2D eigenvalue weighted by atomic mass is 10.2. The molecule has 0 unspecified atom stereocenters. The molecule has 0 aliphatic rings. The van der Waals surface area contributed by atoms with Crippen LogP contribution in [-0.2, 0) is 5.88 Å². The molecule has 0 amide bonds. The van der Waals surface area contributed by atoms with E-state index in [0.29, 0.717) is 5.88 Å². The van der Waals surface area contributed by atoms with Crippen molar-refractivity contribution in [2.45, 2.75) is 5.88 Å². The predicted molar refractivity (Wildman–Crippen MR) is 77.9 cm³/mol. The molecule has 0 spiro atoms. The summed E-state index contributed by atoms with van der Waals surface area (Å²) in [5, 5.41) is 0. The lowest BCUT2D eigenvalue weighted by Gasteiger charge is -2.11. The van der Waals surface area contributed by atoms with E-state index in [0.717, 1.165) is 26.0 Å². The Hall–Kier alpha value is -0.510. The van der Waals surface area contributed by atoms with Crippen molar-refractivity contribution in [1.82, 2.24) is 0 Å². The summed E-state index contributed by atoms with van der Waals surface area (Å²) >= 11 is 12.8. The molecule has 2 rings (SSSR count). The van der Waals surface area contributed by atoms with Crippen molar-refractivity contribution in [1.29, 1.82) is 0 Å². The summed E-state index contributed by atoms with van der Waals surface area (Å²) in [5.41, 5.74) is 0.964. The molecule has 0 fully saturated rings. The first kappa shape index (κ1) is 12.9. The van der Waals surface area contributed by atoms with E-state index in [1.807, 2.05) is 42.5 Å². The molecule has 0 radical (unpaired) electrons. The van der Waals surface area contributed by atoms with Gasteiger partial charge in [-0.15, -0.1) is 11.6 Å². The van der Waals surface area contributed by atoms with Crippen LogP contribution in [0.25, 0.3) is 0 Å². The molecule has 88 valence electrons. The van der Waals surface area contributed by atoms with Crippen molar-refractivity contribution in [2.75, 3.05) is 0 Å². The van der Waals surface area contributed by atoms with Crippen molar-refractivity contribution < 1.29 is 4.74 Å². The van der Waals surface area contributed by atoms with Gasteiger partial charge in [0.05, 0.1) is 10.4 Å². The summed E-state index contributed by atoms with van der Waals surface area (Å²) in [4.78, 5) is 0. The van der Waals surface area contributed by atoms with Gasteiger partial charge in [-0.2, -0.15) is 0 Å². The average Bonchev–Trinajstić information content (AvgIpc) is 2.32. The van der Waals surface area contributed by atoms with Crippen LogP contribution in [0.1, 0.15) is 5.56 Å². The summed E-state index contributed by atoms with van der Waals surface area (Å²) in [6.45, 7) is 0. The minimum atomic E-state index is 0.424. The number of hydrogen-bond acceptors (Lipinski definition) is 1. The van der Waals surface area contributed by atoms with E-state index < -0.39 is 0 Å². The molecule has 17 heavy (non-hydrogen) atoms. The van der Waals surface area contributed by atoms with Gasteiger partial charge in [-0.3, -0.25) is 0 Å². The Morgan fingerprint density at radius 3 is 2.47 bits per heavy atom. The molecule has 0 saturated heterocycles. The monoisotopic (exact) mass is 374 g/mol. The molecule has 0 heterocycles. The lowest BCUT2D eigenvalue weighted by Crippen LogP contribution is -1.90. The van der Waals surface area contributed by atoms with Crippen LogP contribution in [-0.4, -0.2) is 0 Å². The number of rotatable bonds is 3. The Balaban J connectivity index is 2.35. The first-order valence-electron chi connectivity index (χ1n) is 4.97. The zero-order valence-electron chi connectivity index (χ0n) is 8.79. The van der Waals surface area contributed by atoms with Gasteiger partial charge in [-0.1, -0.05) is 34.1 Å². The van der Waals surface area contributed by atoms with Crippen LogP contribution in [0.3, 0.4) is 0 Å². The first-order chi connectivity index (χ1) is 8.20. The molecule has 0 aromatic heterocycles. The first-order valence-corrected chi connectivity index (χ1v) is 7.09. The van der Waals surface area contributed by atoms with Gasteiger partial charge in [-0.25, -0.2) is 0 Å². The van der Waals surface area contributed by atoms with Crippen LogP contribution < -0.4 is 4.74 Å². The molecule has 4 heteroatoms. The number of hydrogen-bond donors (Lipinski definition) is 0. The number of alkyl halides is 1. The molecule has 0 saturated carbocycles. The molecule has 2 aromatic carbocycles. The molecule has 2 aromatic rings. The molecular formula is C13H9Br2ClO. The second-order valence-corrected chi connectivity index (χ2v) is 5.46. The fraction of sp³-hybridized carbons (Fsp3) is 0.0769. The Labute approximate surface area is 122 Å². The van der Waals surface area contributed by atoms with E-state index in [9.17, 15) is 0 Å². The lowest BCUT2D eigenvalue weighted by molar-refractivity contribution is 0.475. The number of ether oxygens (including phenoxy) is 1. The van der Waals surface area contributed by atoms with Crippen LogP contribution in [0.2, 0.25) is 0 Å². The smallest absolute Gasteiger partial charge is 0.141 e. The van der Waals surface area contributed by atoms with Gasteiger partial charge in [-0.05, 0) is 40.2 Å². The van der Waals surface area contributed by atoms with E-state index in [-0.39, 0.29) is 0 Å². The minimum Gasteiger partial charge on any atom is -0.456 e. The number of halogens is 3. The Kier molecular flexibility index (Phi) is 4.48. The molecule has 0 bridgehead atoms. The number of benzene rings is 2. The van der Waals surface area contributed by atoms with Gasteiger partial charge >= 0.3 is 0 Å². The van der Waals surface area contributed by atoms with Crippen molar-refractivity contribution >= 4 is 43.5 Å². The SMILES string of the molecule is ClCc1ccc(Br)cc1Oc1ccccc1Br. The van der Waals surface area contributed by atoms with E-state index in [1.54, 1.807) is 0 Å². The standard InChI is InChI=1S/C13H9Br2ClO/c14-10-6-5-9(8-16)13(7-10)17-12-4-2-1-3-11(12)15/h1-7H,8H2. The predicted octanol–water partition coefficient (Wildman–Crippen LogP) is 5.74. The summed E-state index contributed by atoms with van der Waals surface area (Å²) in [5.74, 6) is 1.96. The number of para-hydroxylation sites is 1. The maximum absolute atomic E-state index is 5.88. The van der Waals surface area contributed by atoms with Gasteiger partial charge in [0.1, 0.15) is 11.5 Å². The fourth-order valence-electron chi connectivity index (χ4n) is 1.38. The van der Waals surface area contributed by atoms with Crippen molar-refractivity contribution in [2.24, 2.45) is 0 Å². The van der Waals surface area contributed by atoms with E-state index >= 15 is 0 Å². The fourth-order valence-corrected chi connectivity index (χ4v) is 2.31. The Morgan fingerprint density at radius 2 is 1.76 bits per heavy atom. The summed E-state index contributed by atoms with van der Waals surface area (Å²) in [6.07, 6.45) is 0. The molecule has 1 nitrogen and oxygen atoms in total. The third-order valence-electron chi connectivity index (χ3n) is 2.23. The van der Waals surface area contributed by atoms with Gasteiger partial charge in [0.15, 0.2) is 0 Å². The van der Waals surface area contributed by atoms with E-state index in [2.05, 4.69) is 31.9 Å². The zero-order valence-corrected chi connectivity index (χ0v) is 12.7. The maximum atomic E-state index is 5.88. The van der Waals surface area contributed by atoms with Crippen molar-refractivity contribution in [3.05, 3.63) is 57.0 Å². The van der Waals surface area contributed by atoms with Crippen LogP contribution in [0, 0.1) is 0 Å². The second-order valence-electron chi connectivity index (χ2n) is 3.42. The largest absolute Gasteiger partial charge is 0.456 e. The zero-order chi connectivity index (χ0) is 12.3. The highest BCUT2D eigenvalue weighted by atomic mass is 79.9. The highest BCUT2D eigenvalue weighted by molar-refractivity contribution is 9.10. The summed E-state index contributed by atoms with van der Waals surface area (Å²) in [6, 6.07) is 13.5. The maximum Gasteiger partial charge on any atom is 0.141 e. The van der Waals surface area contributed by atoms with Gasteiger partial charge < -0.3 is 4.74 Å². The van der Waals surface area contributed by atoms with Crippen LogP contribution >= 0.6 is 43.5 Å². The summed E-state index contributed by atoms with van der Waals surface area (Å²) in [7, 11) is 0. The normalized spacial score (nSPS) is 10.3. The van der Waals surface area contributed by atoms with E-state index in [1.165, 1.54) is 0 Å². The third kappa shape index (κ3) is 3.24. The topological polar surface area (TPSA) is 9.23 Å². The van der Waals surface area contributed by atoms with Crippen molar-refractivity contribution in [3.8, 4) is 11.5 Å². The van der Waals surface area contributed by atoms with Gasteiger partial charge in [0, 0.05) is 10.0 Å². The molecule has 0 atom stereocenters. The molecule has 0 aliphatic heterocycles. The van der Waals surface area contributed by atoms with Crippen LogP contribution in [0.4, 0.5) is 0 Å².